The number of benzene rings is 2. The smallest absolute Gasteiger partial charge is 0.190 e. The van der Waals surface area contributed by atoms with Crippen LogP contribution in [0.1, 0.15) is 24.8 Å². The van der Waals surface area contributed by atoms with Crippen LogP contribution in [-0.2, 0) is 0 Å². The van der Waals surface area contributed by atoms with Gasteiger partial charge in [0.2, 0.25) is 0 Å². The van der Waals surface area contributed by atoms with E-state index in [0.717, 1.165) is 30.8 Å². The Labute approximate surface area is 215 Å². The lowest BCUT2D eigenvalue weighted by molar-refractivity contribution is 0.182. The van der Waals surface area contributed by atoms with E-state index < -0.39 is 5.82 Å². The van der Waals surface area contributed by atoms with Gasteiger partial charge in [-0.3, -0.25) is 4.90 Å². The largest absolute Gasteiger partial charge is 0.496 e. The van der Waals surface area contributed by atoms with Gasteiger partial charge in [0, 0.05) is 29.4 Å². The minimum absolute atomic E-state index is 0.197. The number of piperidine rings is 1. The van der Waals surface area contributed by atoms with E-state index in [1.165, 1.54) is 23.9 Å². The number of nitrogen functional groups attached to an aromatic ring is 1. The van der Waals surface area contributed by atoms with Crippen molar-refractivity contribution >= 4 is 5.82 Å². The Hall–Kier alpha value is -4.05. The van der Waals surface area contributed by atoms with Gasteiger partial charge in [-0.1, -0.05) is 24.6 Å². The van der Waals surface area contributed by atoms with Crippen LogP contribution in [0.5, 0.6) is 11.5 Å². The molecule has 2 aromatic heterocycles. The van der Waals surface area contributed by atoms with Crippen LogP contribution in [0.3, 0.4) is 0 Å². The molecule has 0 atom stereocenters. The Kier molecular flexibility index (Phi) is 7.27. The summed E-state index contributed by atoms with van der Waals surface area (Å²) in [7, 11) is 1.61. The lowest BCUT2D eigenvalue weighted by Crippen LogP contribution is -2.33. The first-order valence-corrected chi connectivity index (χ1v) is 12.4. The molecule has 0 unspecified atom stereocenters. The van der Waals surface area contributed by atoms with Gasteiger partial charge in [0.15, 0.2) is 11.6 Å². The van der Waals surface area contributed by atoms with Gasteiger partial charge < -0.3 is 15.2 Å². The fourth-order valence-electron chi connectivity index (χ4n) is 4.64. The third kappa shape index (κ3) is 5.10. The second-order valence-corrected chi connectivity index (χ2v) is 9.04. The van der Waals surface area contributed by atoms with Gasteiger partial charge >= 0.3 is 0 Å². The van der Waals surface area contributed by atoms with Crippen molar-refractivity contribution < 1.29 is 13.9 Å². The number of tetrazole rings is 1. The van der Waals surface area contributed by atoms with Gasteiger partial charge in [-0.15, -0.1) is 5.10 Å². The molecule has 0 aliphatic carbocycles. The van der Waals surface area contributed by atoms with Crippen LogP contribution in [0.25, 0.3) is 28.2 Å². The number of para-hydroxylation sites is 1. The molecule has 2 aromatic carbocycles. The van der Waals surface area contributed by atoms with Crippen molar-refractivity contribution in [3.63, 3.8) is 0 Å². The van der Waals surface area contributed by atoms with Crippen molar-refractivity contribution in [2.24, 2.45) is 0 Å². The fourth-order valence-corrected chi connectivity index (χ4v) is 4.64. The van der Waals surface area contributed by atoms with Crippen LogP contribution in [0.2, 0.25) is 0 Å². The van der Waals surface area contributed by atoms with E-state index in [4.69, 9.17) is 15.2 Å². The molecule has 1 aliphatic rings. The second kappa shape index (κ2) is 10.9. The molecule has 1 aliphatic heterocycles. The molecule has 10 heteroatoms. The third-order valence-corrected chi connectivity index (χ3v) is 6.71. The van der Waals surface area contributed by atoms with Gasteiger partial charge in [0.05, 0.1) is 12.7 Å². The molecule has 0 radical (unpaired) electrons. The quantitative estimate of drug-likeness (QED) is 0.380. The monoisotopic (exact) mass is 503 g/mol. The lowest BCUT2D eigenvalue weighted by Gasteiger charge is -2.26. The molecule has 9 nitrogen and oxygen atoms in total. The maximum Gasteiger partial charge on any atom is 0.190 e. The van der Waals surface area contributed by atoms with Gasteiger partial charge in [-0.05, 0) is 67.5 Å². The first-order valence-electron chi connectivity index (χ1n) is 12.4. The summed E-state index contributed by atoms with van der Waals surface area (Å²) in [5.74, 6) is 1.24. The van der Waals surface area contributed by atoms with Crippen molar-refractivity contribution in [3.8, 4) is 39.7 Å². The maximum absolute atomic E-state index is 15.6. The Morgan fingerprint density at radius 3 is 2.65 bits per heavy atom. The van der Waals surface area contributed by atoms with Gasteiger partial charge in [0.1, 0.15) is 29.6 Å². The molecule has 0 saturated carbocycles. The minimum atomic E-state index is -0.462. The van der Waals surface area contributed by atoms with Crippen molar-refractivity contribution in [2.75, 3.05) is 39.1 Å². The van der Waals surface area contributed by atoms with Gasteiger partial charge in [-0.25, -0.2) is 9.37 Å². The lowest BCUT2D eigenvalue weighted by atomic mass is 10.0. The number of ether oxygens (including phenoxy) is 2. The molecule has 1 saturated heterocycles. The summed E-state index contributed by atoms with van der Waals surface area (Å²) in [6.45, 7) is 5.21. The summed E-state index contributed by atoms with van der Waals surface area (Å²) < 4.78 is 28.3. The SMILES string of the molecule is COc1ccccc1-c1cnc(N)c(-c2nnnn2-c2ccc(OCCN3CCCCC3)c(C)c2F)c1. The van der Waals surface area contributed by atoms with Crippen LogP contribution in [0, 0.1) is 12.7 Å². The van der Waals surface area contributed by atoms with E-state index in [0.29, 0.717) is 29.2 Å². The van der Waals surface area contributed by atoms with E-state index in [-0.39, 0.29) is 17.3 Å². The third-order valence-electron chi connectivity index (χ3n) is 6.71. The Bertz CT molecular complexity index is 1390. The first-order chi connectivity index (χ1) is 18.1. The average Bonchev–Trinajstić information content (AvgIpc) is 3.41. The summed E-state index contributed by atoms with van der Waals surface area (Å²) >= 11 is 0. The van der Waals surface area contributed by atoms with E-state index >= 15 is 4.39 Å². The summed E-state index contributed by atoms with van der Waals surface area (Å²) in [6.07, 6.45) is 5.39. The molecule has 37 heavy (non-hydrogen) atoms. The number of rotatable bonds is 8. The number of methoxy groups -OCH3 is 1. The van der Waals surface area contributed by atoms with E-state index in [2.05, 4.69) is 25.4 Å². The highest BCUT2D eigenvalue weighted by atomic mass is 19.1. The number of hydrogen-bond acceptors (Lipinski definition) is 8. The number of anilines is 1. The molecular weight excluding hydrogens is 473 g/mol. The highest BCUT2D eigenvalue weighted by Gasteiger charge is 2.21. The molecule has 4 aromatic rings. The fraction of sp³-hybridized carbons (Fsp3) is 0.333. The Balaban J connectivity index is 1.43. The van der Waals surface area contributed by atoms with Crippen molar-refractivity contribution in [1.29, 1.82) is 0 Å². The number of likely N-dealkylation sites (tertiary alicyclic amines) is 1. The maximum atomic E-state index is 15.6. The first kappa shape index (κ1) is 24.6. The predicted molar refractivity (Wildman–Crippen MR) is 139 cm³/mol. The zero-order valence-electron chi connectivity index (χ0n) is 21.0. The number of pyridine rings is 1. The predicted octanol–water partition coefficient (Wildman–Crippen LogP) is 4.29. The topological polar surface area (TPSA) is 104 Å². The zero-order chi connectivity index (χ0) is 25.8. The Morgan fingerprint density at radius 2 is 1.84 bits per heavy atom. The van der Waals surface area contributed by atoms with Crippen LogP contribution in [0.15, 0.2) is 48.7 Å². The number of nitrogens with zero attached hydrogens (tertiary/aromatic N) is 6. The number of halogens is 1. The standard InChI is InChI=1S/C27H30FN7O2/c1-18-23(37-15-14-34-12-6-3-7-13-34)11-10-22(25(18)28)35-27(31-32-33-35)21-16-19(17-30-26(21)29)20-8-4-5-9-24(20)36-2/h4-5,8-11,16-17H,3,6-7,12-15H2,1-2H3,(H2,29,30). The average molecular weight is 504 g/mol. The van der Waals surface area contributed by atoms with Crippen molar-refractivity contribution in [1.82, 2.24) is 30.1 Å². The van der Waals surface area contributed by atoms with E-state index in [9.17, 15) is 0 Å². The number of hydrogen-bond donors (Lipinski definition) is 1. The molecule has 2 N–H and O–H groups in total. The number of aromatic nitrogens is 5. The van der Waals surface area contributed by atoms with Gasteiger partial charge in [0.25, 0.3) is 0 Å². The van der Waals surface area contributed by atoms with Crippen LogP contribution in [0.4, 0.5) is 10.2 Å². The van der Waals surface area contributed by atoms with Gasteiger partial charge in [-0.2, -0.15) is 4.68 Å². The number of nitrogens with two attached hydrogens (primary N) is 1. The molecule has 192 valence electrons. The highest BCUT2D eigenvalue weighted by molar-refractivity contribution is 5.79. The molecule has 3 heterocycles. The Morgan fingerprint density at radius 1 is 1.03 bits per heavy atom. The van der Waals surface area contributed by atoms with Crippen molar-refractivity contribution in [2.45, 2.75) is 26.2 Å². The summed E-state index contributed by atoms with van der Waals surface area (Å²) in [5.41, 5.74) is 8.89. The van der Waals surface area contributed by atoms with E-state index in [1.807, 2.05) is 30.3 Å². The van der Waals surface area contributed by atoms with Crippen molar-refractivity contribution in [3.05, 3.63) is 60.0 Å². The normalized spacial score (nSPS) is 14.0. The molecule has 5 rings (SSSR count). The molecule has 0 spiro atoms. The highest BCUT2D eigenvalue weighted by Crippen LogP contribution is 2.34. The molecule has 0 amide bonds. The molecule has 1 fully saturated rings. The summed E-state index contributed by atoms with van der Waals surface area (Å²) in [5, 5.41) is 12.0. The summed E-state index contributed by atoms with van der Waals surface area (Å²) in [6, 6.07) is 12.8. The van der Waals surface area contributed by atoms with E-state index in [1.54, 1.807) is 32.4 Å². The van der Waals surface area contributed by atoms with Crippen LogP contribution < -0.4 is 15.2 Å². The van der Waals surface area contributed by atoms with Crippen LogP contribution in [-0.4, -0.2) is 63.4 Å². The zero-order valence-corrected chi connectivity index (χ0v) is 21.0. The van der Waals surface area contributed by atoms with Crippen LogP contribution >= 0.6 is 0 Å². The molecular formula is C27H30FN7O2. The second-order valence-electron chi connectivity index (χ2n) is 9.04. The summed E-state index contributed by atoms with van der Waals surface area (Å²) in [4.78, 5) is 6.73. The minimum Gasteiger partial charge on any atom is -0.496 e. The molecule has 0 bridgehead atoms.